The fourth-order valence-electron chi connectivity index (χ4n) is 2.12. The minimum atomic E-state index is -4.17. The van der Waals surface area contributed by atoms with E-state index in [-0.39, 0.29) is 6.04 Å². The standard InChI is InChI=1S/C10H15F3N4/c1-16-4-3-15-9(16)8-6-14-2-5-17(8)7-10(11,12)13/h3-4,8,14H,2,5-7H2,1H3. The monoisotopic (exact) mass is 248 g/mol. The van der Waals surface area contributed by atoms with Gasteiger partial charge in [-0.1, -0.05) is 0 Å². The summed E-state index contributed by atoms with van der Waals surface area (Å²) in [4.78, 5) is 5.56. The number of aryl methyl sites for hydroxylation is 1. The number of aromatic nitrogens is 2. The maximum Gasteiger partial charge on any atom is 0.401 e. The molecule has 0 spiro atoms. The molecule has 7 heteroatoms. The summed E-state index contributed by atoms with van der Waals surface area (Å²) in [6, 6.07) is -0.314. The molecule has 4 nitrogen and oxygen atoms in total. The van der Waals surface area contributed by atoms with Crippen LogP contribution in [0.25, 0.3) is 0 Å². The summed E-state index contributed by atoms with van der Waals surface area (Å²) in [6.45, 7) is 0.585. The van der Waals surface area contributed by atoms with E-state index in [0.29, 0.717) is 25.5 Å². The van der Waals surface area contributed by atoms with Gasteiger partial charge in [-0.15, -0.1) is 0 Å². The molecule has 1 atom stereocenters. The van der Waals surface area contributed by atoms with Crippen LogP contribution in [0.3, 0.4) is 0 Å². The van der Waals surface area contributed by atoms with Gasteiger partial charge in [-0.3, -0.25) is 4.90 Å². The third kappa shape index (κ3) is 2.98. The molecule has 2 rings (SSSR count). The van der Waals surface area contributed by atoms with Crippen LogP contribution in [0.4, 0.5) is 13.2 Å². The summed E-state index contributed by atoms with van der Waals surface area (Å²) in [5, 5.41) is 3.10. The molecular formula is C10H15F3N4. The van der Waals surface area contributed by atoms with E-state index in [1.165, 1.54) is 4.90 Å². The van der Waals surface area contributed by atoms with E-state index in [1.54, 1.807) is 24.0 Å². The average Bonchev–Trinajstić information content (AvgIpc) is 2.63. The van der Waals surface area contributed by atoms with Crippen LogP contribution in [0.5, 0.6) is 0 Å². The topological polar surface area (TPSA) is 33.1 Å². The van der Waals surface area contributed by atoms with Gasteiger partial charge < -0.3 is 9.88 Å². The Labute approximate surface area is 97.4 Å². The molecule has 2 heterocycles. The van der Waals surface area contributed by atoms with Gasteiger partial charge in [0.2, 0.25) is 0 Å². The molecule has 0 amide bonds. The Kier molecular flexibility index (Phi) is 3.39. The highest BCUT2D eigenvalue weighted by Crippen LogP contribution is 2.25. The number of imidazole rings is 1. The van der Waals surface area contributed by atoms with Crippen molar-refractivity contribution in [1.29, 1.82) is 0 Å². The normalized spacial score (nSPS) is 22.9. The number of rotatable bonds is 2. The first-order chi connectivity index (χ1) is 7.97. The first-order valence-corrected chi connectivity index (χ1v) is 5.46. The SMILES string of the molecule is Cn1ccnc1C1CNCCN1CC(F)(F)F. The highest BCUT2D eigenvalue weighted by atomic mass is 19.4. The van der Waals surface area contributed by atoms with Gasteiger partial charge in [-0.25, -0.2) is 4.98 Å². The van der Waals surface area contributed by atoms with Gasteiger partial charge in [0.25, 0.3) is 0 Å². The molecule has 0 aromatic carbocycles. The number of alkyl halides is 3. The van der Waals surface area contributed by atoms with Gasteiger partial charge in [0, 0.05) is 39.1 Å². The van der Waals surface area contributed by atoms with Crippen LogP contribution in [-0.2, 0) is 7.05 Å². The van der Waals surface area contributed by atoms with Crippen molar-refractivity contribution in [3.05, 3.63) is 18.2 Å². The predicted molar refractivity (Wildman–Crippen MR) is 56.4 cm³/mol. The van der Waals surface area contributed by atoms with Gasteiger partial charge in [0.15, 0.2) is 0 Å². The van der Waals surface area contributed by atoms with Crippen molar-refractivity contribution in [3.8, 4) is 0 Å². The van der Waals surface area contributed by atoms with Gasteiger partial charge in [0.1, 0.15) is 5.82 Å². The molecule has 0 bridgehead atoms. The van der Waals surface area contributed by atoms with Crippen LogP contribution in [-0.4, -0.2) is 46.8 Å². The molecule has 0 saturated carbocycles. The number of nitrogens with one attached hydrogen (secondary N) is 1. The maximum atomic E-state index is 12.5. The van der Waals surface area contributed by atoms with E-state index >= 15 is 0 Å². The van der Waals surface area contributed by atoms with E-state index in [1.807, 2.05) is 0 Å². The Morgan fingerprint density at radius 3 is 2.88 bits per heavy atom. The molecule has 17 heavy (non-hydrogen) atoms. The van der Waals surface area contributed by atoms with Crippen molar-refractivity contribution in [2.75, 3.05) is 26.2 Å². The van der Waals surface area contributed by atoms with Crippen LogP contribution in [0.1, 0.15) is 11.9 Å². The summed E-state index contributed by atoms with van der Waals surface area (Å²) < 4.78 is 39.2. The van der Waals surface area contributed by atoms with Crippen molar-refractivity contribution < 1.29 is 13.2 Å². The average molecular weight is 248 g/mol. The molecule has 0 radical (unpaired) electrons. The maximum absolute atomic E-state index is 12.5. The lowest BCUT2D eigenvalue weighted by molar-refractivity contribution is -0.153. The predicted octanol–water partition coefficient (Wildman–Crippen LogP) is 0.929. The van der Waals surface area contributed by atoms with E-state index in [9.17, 15) is 13.2 Å². The molecule has 1 aliphatic rings. The number of halogens is 3. The quantitative estimate of drug-likeness (QED) is 0.845. The zero-order valence-electron chi connectivity index (χ0n) is 9.54. The lowest BCUT2D eigenvalue weighted by Crippen LogP contribution is -2.49. The fraction of sp³-hybridized carbons (Fsp3) is 0.700. The van der Waals surface area contributed by atoms with E-state index < -0.39 is 12.7 Å². The molecule has 1 aromatic heterocycles. The molecule has 1 aliphatic heterocycles. The van der Waals surface area contributed by atoms with Gasteiger partial charge in [-0.2, -0.15) is 13.2 Å². The number of nitrogens with zero attached hydrogens (tertiary/aromatic N) is 3. The summed E-state index contributed by atoms with van der Waals surface area (Å²) in [6.07, 6.45) is -0.813. The lowest BCUT2D eigenvalue weighted by atomic mass is 10.1. The van der Waals surface area contributed by atoms with Crippen molar-refractivity contribution in [3.63, 3.8) is 0 Å². The minimum absolute atomic E-state index is 0.314. The minimum Gasteiger partial charge on any atom is -0.337 e. The zero-order chi connectivity index (χ0) is 12.5. The highest BCUT2D eigenvalue weighted by Gasteiger charge is 2.36. The Hall–Kier alpha value is -1.08. The van der Waals surface area contributed by atoms with Gasteiger partial charge in [0.05, 0.1) is 12.6 Å². The Bertz CT molecular complexity index is 374. The van der Waals surface area contributed by atoms with Crippen molar-refractivity contribution in [2.45, 2.75) is 12.2 Å². The highest BCUT2D eigenvalue weighted by molar-refractivity contribution is 5.02. The van der Waals surface area contributed by atoms with Gasteiger partial charge in [-0.05, 0) is 0 Å². The molecule has 96 valence electrons. The summed E-state index contributed by atoms with van der Waals surface area (Å²) in [5.74, 6) is 0.668. The molecule has 1 aromatic rings. The van der Waals surface area contributed by atoms with Crippen LogP contribution < -0.4 is 5.32 Å². The second-order valence-corrected chi connectivity index (χ2v) is 4.20. The molecule has 1 fully saturated rings. The summed E-state index contributed by atoms with van der Waals surface area (Å²) >= 11 is 0. The van der Waals surface area contributed by atoms with E-state index in [0.717, 1.165) is 0 Å². The zero-order valence-corrected chi connectivity index (χ0v) is 9.54. The lowest BCUT2D eigenvalue weighted by Gasteiger charge is -2.35. The fourth-order valence-corrected chi connectivity index (χ4v) is 2.12. The third-order valence-electron chi connectivity index (χ3n) is 2.89. The Morgan fingerprint density at radius 2 is 2.29 bits per heavy atom. The largest absolute Gasteiger partial charge is 0.401 e. The molecule has 1 saturated heterocycles. The second kappa shape index (κ2) is 4.66. The number of piperazine rings is 1. The van der Waals surface area contributed by atoms with Crippen molar-refractivity contribution in [2.24, 2.45) is 7.05 Å². The van der Waals surface area contributed by atoms with Crippen LogP contribution >= 0.6 is 0 Å². The number of hydrogen-bond donors (Lipinski definition) is 1. The molecule has 0 aliphatic carbocycles. The van der Waals surface area contributed by atoms with Crippen LogP contribution in [0.15, 0.2) is 12.4 Å². The summed E-state index contributed by atoms with van der Waals surface area (Å²) in [5.41, 5.74) is 0. The van der Waals surface area contributed by atoms with Crippen LogP contribution in [0.2, 0.25) is 0 Å². The van der Waals surface area contributed by atoms with E-state index in [4.69, 9.17) is 0 Å². The number of hydrogen-bond acceptors (Lipinski definition) is 3. The molecule has 1 N–H and O–H groups in total. The Morgan fingerprint density at radius 1 is 1.53 bits per heavy atom. The Balaban J connectivity index is 2.15. The third-order valence-corrected chi connectivity index (χ3v) is 2.89. The second-order valence-electron chi connectivity index (χ2n) is 4.20. The first-order valence-electron chi connectivity index (χ1n) is 5.46. The summed E-state index contributed by atoms with van der Waals surface area (Å²) in [7, 11) is 1.79. The van der Waals surface area contributed by atoms with Crippen molar-refractivity contribution in [1.82, 2.24) is 19.8 Å². The van der Waals surface area contributed by atoms with Gasteiger partial charge >= 0.3 is 6.18 Å². The first kappa shape index (κ1) is 12.4. The van der Waals surface area contributed by atoms with Crippen LogP contribution in [0, 0.1) is 0 Å². The van der Waals surface area contributed by atoms with Crippen molar-refractivity contribution >= 4 is 0 Å². The molecular weight excluding hydrogens is 233 g/mol. The van der Waals surface area contributed by atoms with E-state index in [2.05, 4.69) is 10.3 Å². The smallest absolute Gasteiger partial charge is 0.337 e. The molecule has 1 unspecified atom stereocenters.